The van der Waals surface area contributed by atoms with Crippen molar-refractivity contribution in [3.63, 3.8) is 0 Å². The number of halogens is 1. The lowest BCUT2D eigenvalue weighted by atomic mass is 9.97. The second-order valence-corrected chi connectivity index (χ2v) is 5.10. The van der Waals surface area contributed by atoms with Gasteiger partial charge in [0.25, 0.3) is 0 Å². The van der Waals surface area contributed by atoms with Crippen LogP contribution in [0, 0.1) is 5.92 Å². The predicted molar refractivity (Wildman–Crippen MR) is 74.1 cm³/mol. The minimum absolute atomic E-state index is 0.219. The van der Waals surface area contributed by atoms with E-state index in [9.17, 15) is 5.11 Å². The first kappa shape index (κ1) is 14.7. The molecule has 1 aromatic carbocycles. The first-order valence-electron chi connectivity index (χ1n) is 6.20. The molecule has 17 heavy (non-hydrogen) atoms. The molecule has 0 bridgehead atoms. The predicted octanol–water partition coefficient (Wildman–Crippen LogP) is 3.42. The number of benzene rings is 1. The number of hydrogen-bond acceptors (Lipinski definition) is 2. The van der Waals surface area contributed by atoms with Gasteiger partial charge in [0.05, 0.1) is 0 Å². The van der Waals surface area contributed by atoms with Crippen LogP contribution in [0.2, 0.25) is 0 Å². The van der Waals surface area contributed by atoms with E-state index in [0.29, 0.717) is 0 Å². The summed E-state index contributed by atoms with van der Waals surface area (Å²) in [5.74, 6) is 0.283. The van der Waals surface area contributed by atoms with Crippen LogP contribution in [0.5, 0.6) is 0 Å². The Balaban J connectivity index is 2.38. The topological polar surface area (TPSA) is 29.5 Å². The fourth-order valence-electron chi connectivity index (χ4n) is 1.73. The molecule has 0 aliphatic rings. The molecule has 0 radical (unpaired) electrons. The van der Waals surface area contributed by atoms with Crippen LogP contribution in [0.25, 0.3) is 0 Å². The number of rotatable bonds is 8. The lowest BCUT2D eigenvalue weighted by molar-refractivity contribution is 0.106. The van der Waals surface area contributed by atoms with Gasteiger partial charge in [-0.05, 0) is 36.8 Å². The Bertz CT molecular complexity index is 315. The summed E-state index contributed by atoms with van der Waals surface area (Å²) in [4.78, 5) is 0. The molecule has 0 fully saturated rings. The fourth-order valence-corrected chi connectivity index (χ4v) is 2.18. The van der Waals surface area contributed by atoms with Gasteiger partial charge in [0.15, 0.2) is 0 Å². The highest BCUT2D eigenvalue weighted by atomic mass is 79.9. The number of aliphatic hydroxyl groups excluding tert-OH is 1. The van der Waals surface area contributed by atoms with E-state index in [-0.39, 0.29) is 12.5 Å². The summed E-state index contributed by atoms with van der Waals surface area (Å²) in [6.07, 6.45) is 2.86. The zero-order chi connectivity index (χ0) is 12.5. The van der Waals surface area contributed by atoms with E-state index in [1.807, 2.05) is 18.2 Å². The Morgan fingerprint density at radius 3 is 2.71 bits per heavy atom. The van der Waals surface area contributed by atoms with Crippen molar-refractivity contribution < 1.29 is 9.84 Å². The van der Waals surface area contributed by atoms with Crippen molar-refractivity contribution in [2.24, 2.45) is 5.92 Å². The second-order valence-electron chi connectivity index (χ2n) is 4.25. The normalized spacial score (nSPS) is 12.6. The van der Waals surface area contributed by atoms with Crippen LogP contribution in [0.15, 0.2) is 28.7 Å². The van der Waals surface area contributed by atoms with Gasteiger partial charge >= 0.3 is 0 Å². The third-order valence-electron chi connectivity index (χ3n) is 2.74. The van der Waals surface area contributed by atoms with Crippen LogP contribution in [-0.4, -0.2) is 24.9 Å². The van der Waals surface area contributed by atoms with Gasteiger partial charge in [0.2, 0.25) is 0 Å². The van der Waals surface area contributed by atoms with E-state index in [0.717, 1.165) is 36.9 Å². The molecular formula is C14H21BrO2. The highest BCUT2D eigenvalue weighted by Crippen LogP contribution is 2.20. The molecule has 1 N–H and O–H groups in total. The minimum atomic E-state index is 0.219. The molecule has 0 saturated heterocycles. The van der Waals surface area contributed by atoms with Crippen LogP contribution in [0.4, 0.5) is 0 Å². The van der Waals surface area contributed by atoms with Crippen molar-refractivity contribution in [3.05, 3.63) is 34.3 Å². The second kappa shape index (κ2) is 8.67. The van der Waals surface area contributed by atoms with Gasteiger partial charge in [0, 0.05) is 24.3 Å². The van der Waals surface area contributed by atoms with E-state index < -0.39 is 0 Å². The summed E-state index contributed by atoms with van der Waals surface area (Å²) in [5, 5.41) is 9.36. The minimum Gasteiger partial charge on any atom is -0.396 e. The van der Waals surface area contributed by atoms with Gasteiger partial charge in [-0.2, -0.15) is 0 Å². The number of aliphatic hydroxyl groups is 1. The molecular weight excluding hydrogens is 280 g/mol. The summed E-state index contributed by atoms with van der Waals surface area (Å²) in [7, 11) is 0. The van der Waals surface area contributed by atoms with Crippen molar-refractivity contribution in [2.45, 2.75) is 26.2 Å². The molecule has 1 aromatic rings. The quantitative estimate of drug-likeness (QED) is 0.746. The van der Waals surface area contributed by atoms with Crippen molar-refractivity contribution in [3.8, 4) is 0 Å². The van der Waals surface area contributed by atoms with E-state index in [1.165, 1.54) is 5.56 Å². The summed E-state index contributed by atoms with van der Waals surface area (Å²) < 4.78 is 6.58. The lowest BCUT2D eigenvalue weighted by Gasteiger charge is -2.15. The van der Waals surface area contributed by atoms with Crippen molar-refractivity contribution in [1.29, 1.82) is 0 Å². The van der Waals surface area contributed by atoms with Gasteiger partial charge in [-0.15, -0.1) is 0 Å². The maximum Gasteiger partial charge on any atom is 0.0469 e. The molecule has 0 aromatic heterocycles. The third-order valence-corrected chi connectivity index (χ3v) is 3.52. The summed E-state index contributed by atoms with van der Waals surface area (Å²) in [6, 6.07) is 8.17. The molecule has 1 atom stereocenters. The van der Waals surface area contributed by atoms with Crippen LogP contribution < -0.4 is 0 Å². The lowest BCUT2D eigenvalue weighted by Crippen LogP contribution is -2.13. The Labute approximate surface area is 112 Å². The Morgan fingerprint density at radius 2 is 2.06 bits per heavy atom. The Morgan fingerprint density at radius 1 is 1.29 bits per heavy atom. The van der Waals surface area contributed by atoms with Gasteiger partial charge in [0.1, 0.15) is 0 Å². The van der Waals surface area contributed by atoms with E-state index >= 15 is 0 Å². The average Bonchev–Trinajstić information content (AvgIpc) is 2.35. The monoisotopic (exact) mass is 300 g/mol. The zero-order valence-corrected chi connectivity index (χ0v) is 11.9. The zero-order valence-electron chi connectivity index (χ0n) is 10.4. The smallest absolute Gasteiger partial charge is 0.0469 e. The molecule has 96 valence electrons. The van der Waals surface area contributed by atoms with E-state index in [2.05, 4.69) is 28.9 Å². The maximum atomic E-state index is 9.36. The van der Waals surface area contributed by atoms with Gasteiger partial charge in [-0.3, -0.25) is 0 Å². The van der Waals surface area contributed by atoms with Gasteiger partial charge in [-0.25, -0.2) is 0 Å². The van der Waals surface area contributed by atoms with Crippen LogP contribution in [-0.2, 0) is 11.2 Å². The first-order valence-corrected chi connectivity index (χ1v) is 6.99. The molecule has 0 spiro atoms. The molecule has 0 aliphatic carbocycles. The first-order chi connectivity index (χ1) is 8.27. The van der Waals surface area contributed by atoms with E-state index in [4.69, 9.17) is 4.74 Å². The fraction of sp³-hybridized carbons (Fsp3) is 0.571. The molecule has 0 amide bonds. The summed E-state index contributed by atoms with van der Waals surface area (Å²) in [5.41, 5.74) is 1.25. The highest BCUT2D eigenvalue weighted by Gasteiger charge is 2.10. The van der Waals surface area contributed by atoms with Gasteiger partial charge in [-0.1, -0.05) is 41.1 Å². The maximum absolute atomic E-state index is 9.36. The van der Waals surface area contributed by atoms with Gasteiger partial charge < -0.3 is 9.84 Å². The third kappa shape index (κ3) is 5.66. The van der Waals surface area contributed by atoms with Crippen LogP contribution >= 0.6 is 15.9 Å². The highest BCUT2D eigenvalue weighted by molar-refractivity contribution is 9.10. The van der Waals surface area contributed by atoms with Crippen LogP contribution in [0.1, 0.15) is 25.3 Å². The molecule has 0 aliphatic heterocycles. The van der Waals surface area contributed by atoms with Crippen molar-refractivity contribution >= 4 is 15.9 Å². The average molecular weight is 301 g/mol. The molecule has 0 heterocycles. The molecule has 1 unspecified atom stereocenters. The van der Waals surface area contributed by atoms with Crippen LogP contribution in [0.3, 0.4) is 0 Å². The Hall–Kier alpha value is -0.380. The van der Waals surface area contributed by atoms with E-state index in [1.54, 1.807) is 0 Å². The van der Waals surface area contributed by atoms with Crippen molar-refractivity contribution in [2.75, 3.05) is 19.8 Å². The molecule has 2 nitrogen and oxygen atoms in total. The molecule has 0 saturated carbocycles. The van der Waals surface area contributed by atoms with Crippen molar-refractivity contribution in [1.82, 2.24) is 0 Å². The Kier molecular flexibility index (Phi) is 7.49. The number of ether oxygens (including phenoxy) is 1. The SMILES string of the molecule is CCCOCCC(CO)Cc1ccccc1Br. The standard InChI is InChI=1S/C14H21BrO2/c1-2-8-17-9-7-12(11-16)10-13-5-3-4-6-14(13)15/h3-6,12,16H,2,7-11H2,1H3. The summed E-state index contributed by atoms with van der Waals surface area (Å²) in [6.45, 7) is 3.87. The largest absolute Gasteiger partial charge is 0.396 e. The molecule has 3 heteroatoms. The number of hydrogen-bond donors (Lipinski definition) is 1. The summed E-state index contributed by atoms with van der Waals surface area (Å²) >= 11 is 3.53. The molecule has 1 rings (SSSR count).